The summed E-state index contributed by atoms with van der Waals surface area (Å²) in [4.78, 5) is 10.2. The molecule has 0 aliphatic rings. The van der Waals surface area contributed by atoms with Gasteiger partial charge in [0.25, 0.3) is 5.79 Å². The van der Waals surface area contributed by atoms with E-state index < -0.39 is 11.8 Å². The second kappa shape index (κ2) is 4.88. The fraction of sp³-hybridized carbons (Fsp3) is 0.833. The number of carboxylic acid groups (broad SMARTS) is 1. The number of hydrogen-bond acceptors (Lipinski definition) is 3. The van der Waals surface area contributed by atoms with Gasteiger partial charge in [-0.15, -0.1) is 0 Å². The minimum absolute atomic E-state index is 0. The molecular formula is C6H12O4Ti. The maximum Gasteiger partial charge on any atom is 0.363 e. The maximum atomic E-state index is 10.2. The fourth-order valence-electron chi connectivity index (χ4n) is 0.509. The van der Waals surface area contributed by atoms with Crippen molar-refractivity contribution in [3.05, 3.63) is 0 Å². The molecule has 0 saturated carbocycles. The molecule has 0 aliphatic heterocycles. The Balaban J connectivity index is 0. The second-order valence-electron chi connectivity index (χ2n) is 2.45. The maximum absolute atomic E-state index is 10.2. The SMILES string of the molecule is CC(C)OC(C)(O)C(=O)O.[Ti]. The molecule has 0 radical (unpaired) electrons. The Kier molecular flexibility index (Phi) is 6.06. The normalized spacial score (nSPS) is 15.4. The first-order chi connectivity index (χ1) is 4.36. The molecule has 0 bridgehead atoms. The summed E-state index contributed by atoms with van der Waals surface area (Å²) in [5.74, 6) is -3.44. The summed E-state index contributed by atoms with van der Waals surface area (Å²) in [7, 11) is 0. The Hall–Kier alpha value is 0.104. The van der Waals surface area contributed by atoms with Crippen LogP contribution in [0.15, 0.2) is 0 Å². The van der Waals surface area contributed by atoms with Crippen molar-refractivity contribution in [1.29, 1.82) is 0 Å². The molecule has 1 unspecified atom stereocenters. The van der Waals surface area contributed by atoms with Crippen LogP contribution < -0.4 is 0 Å². The molecule has 2 N–H and O–H groups in total. The van der Waals surface area contributed by atoms with E-state index in [9.17, 15) is 4.79 Å². The molecule has 0 spiro atoms. The standard InChI is InChI=1S/C6H12O4.Ti/c1-4(2)10-6(3,9)5(7)8;/h4,9H,1-3H3,(H,7,8);. The minimum atomic E-state index is -2.06. The van der Waals surface area contributed by atoms with E-state index in [0.717, 1.165) is 6.92 Å². The van der Waals surface area contributed by atoms with Gasteiger partial charge >= 0.3 is 5.97 Å². The number of rotatable bonds is 3. The van der Waals surface area contributed by atoms with Gasteiger partial charge in [-0.1, -0.05) is 0 Å². The molecule has 0 fully saturated rings. The number of aliphatic hydroxyl groups is 1. The van der Waals surface area contributed by atoms with Crippen molar-refractivity contribution in [2.75, 3.05) is 0 Å². The summed E-state index contributed by atoms with van der Waals surface area (Å²) in [5, 5.41) is 17.3. The smallest absolute Gasteiger partial charge is 0.363 e. The van der Waals surface area contributed by atoms with E-state index in [0.29, 0.717) is 0 Å². The van der Waals surface area contributed by atoms with Crippen LogP contribution in [0.3, 0.4) is 0 Å². The zero-order chi connectivity index (χ0) is 8.36. The monoisotopic (exact) mass is 196 g/mol. The molecule has 0 aliphatic carbocycles. The van der Waals surface area contributed by atoms with Crippen LogP contribution in [0.25, 0.3) is 0 Å². The summed E-state index contributed by atoms with van der Waals surface area (Å²) in [6.07, 6.45) is -0.300. The van der Waals surface area contributed by atoms with Crippen LogP contribution >= 0.6 is 0 Å². The molecule has 0 aromatic rings. The van der Waals surface area contributed by atoms with E-state index in [-0.39, 0.29) is 27.8 Å². The van der Waals surface area contributed by atoms with Crippen molar-refractivity contribution in [2.45, 2.75) is 32.7 Å². The van der Waals surface area contributed by atoms with Crippen molar-refractivity contribution in [1.82, 2.24) is 0 Å². The van der Waals surface area contributed by atoms with E-state index in [1.54, 1.807) is 13.8 Å². The van der Waals surface area contributed by atoms with Crippen LogP contribution in [0.2, 0.25) is 0 Å². The Morgan fingerprint density at radius 1 is 1.55 bits per heavy atom. The zero-order valence-corrected chi connectivity index (χ0v) is 8.35. The van der Waals surface area contributed by atoms with Gasteiger partial charge in [0.15, 0.2) is 0 Å². The van der Waals surface area contributed by atoms with E-state index in [1.807, 2.05) is 0 Å². The minimum Gasteiger partial charge on any atom is -0.477 e. The third kappa shape index (κ3) is 5.38. The molecular weight excluding hydrogens is 184 g/mol. The summed E-state index contributed by atoms with van der Waals surface area (Å²) >= 11 is 0. The third-order valence-corrected chi connectivity index (χ3v) is 0.862. The van der Waals surface area contributed by atoms with Crippen molar-refractivity contribution in [2.24, 2.45) is 0 Å². The van der Waals surface area contributed by atoms with Gasteiger partial charge in [-0.3, -0.25) is 0 Å². The molecule has 0 aromatic carbocycles. The molecule has 0 amide bonds. The number of carboxylic acids is 1. The molecule has 4 nitrogen and oxygen atoms in total. The summed E-state index contributed by atoms with van der Waals surface area (Å²) < 4.78 is 4.66. The Morgan fingerprint density at radius 2 is 1.91 bits per heavy atom. The quantitative estimate of drug-likeness (QED) is 0.499. The molecule has 5 heteroatoms. The van der Waals surface area contributed by atoms with Crippen molar-refractivity contribution < 1.29 is 41.5 Å². The molecule has 0 heterocycles. The first-order valence-electron chi connectivity index (χ1n) is 3.00. The largest absolute Gasteiger partial charge is 0.477 e. The second-order valence-corrected chi connectivity index (χ2v) is 2.45. The molecule has 0 rings (SSSR count). The molecule has 11 heavy (non-hydrogen) atoms. The van der Waals surface area contributed by atoms with Crippen LogP contribution in [0.5, 0.6) is 0 Å². The van der Waals surface area contributed by atoms with Gasteiger partial charge in [-0.25, -0.2) is 4.79 Å². The van der Waals surface area contributed by atoms with Crippen LogP contribution in [0.4, 0.5) is 0 Å². The van der Waals surface area contributed by atoms with E-state index in [4.69, 9.17) is 10.2 Å². The van der Waals surface area contributed by atoms with Crippen LogP contribution in [-0.2, 0) is 31.2 Å². The molecule has 1 atom stereocenters. The molecule has 0 aromatic heterocycles. The first kappa shape index (κ1) is 13.7. The molecule has 0 saturated heterocycles. The fourth-order valence-corrected chi connectivity index (χ4v) is 0.509. The Labute approximate surface area is 80.4 Å². The van der Waals surface area contributed by atoms with Crippen LogP contribution in [0.1, 0.15) is 20.8 Å². The summed E-state index contributed by atoms with van der Waals surface area (Å²) in [6.45, 7) is 4.39. The van der Waals surface area contributed by atoms with Gasteiger partial charge in [0, 0.05) is 28.6 Å². The van der Waals surface area contributed by atoms with Crippen molar-refractivity contribution in [3.8, 4) is 0 Å². The Morgan fingerprint density at radius 3 is 2.00 bits per heavy atom. The third-order valence-electron chi connectivity index (χ3n) is 0.862. The van der Waals surface area contributed by atoms with E-state index in [2.05, 4.69) is 4.74 Å². The number of carbonyl (C=O) groups is 1. The van der Waals surface area contributed by atoms with Crippen LogP contribution in [-0.4, -0.2) is 28.1 Å². The van der Waals surface area contributed by atoms with Gasteiger partial charge in [0.2, 0.25) is 0 Å². The zero-order valence-electron chi connectivity index (χ0n) is 6.79. The molecule has 64 valence electrons. The number of aliphatic carboxylic acids is 1. The number of ether oxygens (including phenoxy) is 1. The predicted octanol–water partition coefficient (Wildman–Crippen LogP) is 0.202. The van der Waals surface area contributed by atoms with Crippen molar-refractivity contribution >= 4 is 5.97 Å². The Bertz CT molecular complexity index is 133. The average molecular weight is 196 g/mol. The van der Waals surface area contributed by atoms with Gasteiger partial charge in [0.05, 0.1) is 6.10 Å². The average Bonchev–Trinajstić information content (AvgIpc) is 1.60. The van der Waals surface area contributed by atoms with Gasteiger partial charge in [0.1, 0.15) is 0 Å². The van der Waals surface area contributed by atoms with Crippen LogP contribution in [0, 0.1) is 0 Å². The topological polar surface area (TPSA) is 66.8 Å². The van der Waals surface area contributed by atoms with E-state index in [1.165, 1.54) is 0 Å². The van der Waals surface area contributed by atoms with Gasteiger partial charge < -0.3 is 14.9 Å². The predicted molar refractivity (Wildman–Crippen MR) is 34.5 cm³/mol. The first-order valence-corrected chi connectivity index (χ1v) is 3.00. The number of hydrogen-bond donors (Lipinski definition) is 2. The van der Waals surface area contributed by atoms with Crippen molar-refractivity contribution in [3.63, 3.8) is 0 Å². The van der Waals surface area contributed by atoms with E-state index >= 15 is 0 Å². The van der Waals surface area contributed by atoms with Gasteiger partial charge in [-0.2, -0.15) is 0 Å². The summed E-state index contributed by atoms with van der Waals surface area (Å²) in [6, 6.07) is 0. The summed E-state index contributed by atoms with van der Waals surface area (Å²) in [5.41, 5.74) is 0. The van der Waals surface area contributed by atoms with Gasteiger partial charge in [-0.05, 0) is 13.8 Å².